The van der Waals surface area contributed by atoms with Gasteiger partial charge in [-0.15, -0.1) is 0 Å². The number of carbonyl (C=O) groups excluding carboxylic acids is 1. The molecular formula is C13H17NO. The summed E-state index contributed by atoms with van der Waals surface area (Å²) in [6, 6.07) is 9.89. The molecular weight excluding hydrogens is 186 g/mol. The zero-order valence-corrected chi connectivity index (χ0v) is 9.23. The molecule has 0 bridgehead atoms. The summed E-state index contributed by atoms with van der Waals surface area (Å²) < 4.78 is 0. The van der Waals surface area contributed by atoms with Crippen LogP contribution in [0, 0.1) is 5.92 Å². The van der Waals surface area contributed by atoms with Crippen LogP contribution >= 0.6 is 0 Å². The van der Waals surface area contributed by atoms with E-state index in [2.05, 4.69) is 5.32 Å². The molecule has 1 rings (SSSR count). The van der Waals surface area contributed by atoms with Crippen LogP contribution < -0.4 is 5.32 Å². The van der Waals surface area contributed by atoms with Gasteiger partial charge in [-0.25, -0.2) is 0 Å². The summed E-state index contributed by atoms with van der Waals surface area (Å²) in [6.45, 7) is 4.06. The molecule has 0 radical (unpaired) electrons. The Morgan fingerprint density at radius 1 is 1.33 bits per heavy atom. The summed E-state index contributed by atoms with van der Waals surface area (Å²) in [5, 5.41) is 2.74. The van der Waals surface area contributed by atoms with Gasteiger partial charge in [0.2, 0.25) is 5.91 Å². The first kappa shape index (κ1) is 11.5. The summed E-state index contributed by atoms with van der Waals surface area (Å²) in [5.74, 6) is 0.465. The lowest BCUT2D eigenvalue weighted by atomic mass is 10.1. The molecule has 0 spiro atoms. The highest BCUT2D eigenvalue weighted by atomic mass is 16.1. The van der Waals surface area contributed by atoms with E-state index in [4.69, 9.17) is 0 Å². The number of amides is 1. The lowest BCUT2D eigenvalue weighted by molar-refractivity contribution is -0.120. The van der Waals surface area contributed by atoms with E-state index in [1.807, 2.05) is 50.3 Å². The first-order valence-electron chi connectivity index (χ1n) is 5.19. The van der Waals surface area contributed by atoms with Crippen molar-refractivity contribution >= 4 is 12.0 Å². The minimum atomic E-state index is 0.0668. The minimum absolute atomic E-state index is 0.0668. The summed E-state index contributed by atoms with van der Waals surface area (Å²) in [7, 11) is 0. The molecule has 0 aliphatic rings. The molecule has 1 aromatic rings. The summed E-state index contributed by atoms with van der Waals surface area (Å²) >= 11 is 0. The Balaban J connectivity index is 2.37. The van der Waals surface area contributed by atoms with Crippen LogP contribution in [0.15, 0.2) is 36.5 Å². The Morgan fingerprint density at radius 3 is 2.60 bits per heavy atom. The molecule has 15 heavy (non-hydrogen) atoms. The van der Waals surface area contributed by atoms with Gasteiger partial charge >= 0.3 is 0 Å². The smallest absolute Gasteiger partial charge is 0.224 e. The zero-order chi connectivity index (χ0) is 11.1. The number of nitrogens with one attached hydrogen (secondary N) is 1. The molecule has 1 amide bonds. The minimum Gasteiger partial charge on any atom is -0.333 e. The SMILES string of the molecule is CC(C)CC(=O)NC=Cc1ccccc1. The van der Waals surface area contributed by atoms with Crippen molar-refractivity contribution in [1.29, 1.82) is 0 Å². The first-order valence-corrected chi connectivity index (χ1v) is 5.19. The van der Waals surface area contributed by atoms with Crippen molar-refractivity contribution in [3.05, 3.63) is 42.1 Å². The lowest BCUT2D eigenvalue weighted by Crippen LogP contribution is -2.18. The van der Waals surface area contributed by atoms with E-state index in [0.29, 0.717) is 12.3 Å². The van der Waals surface area contributed by atoms with Crippen molar-refractivity contribution in [1.82, 2.24) is 5.32 Å². The number of rotatable bonds is 4. The second-order valence-corrected chi connectivity index (χ2v) is 3.91. The van der Waals surface area contributed by atoms with E-state index < -0.39 is 0 Å². The highest BCUT2D eigenvalue weighted by Crippen LogP contribution is 2.01. The largest absolute Gasteiger partial charge is 0.333 e. The topological polar surface area (TPSA) is 29.1 Å². The molecule has 0 fully saturated rings. The molecule has 0 atom stereocenters. The second kappa shape index (κ2) is 6.02. The number of hydrogen-bond acceptors (Lipinski definition) is 1. The Morgan fingerprint density at radius 2 is 2.00 bits per heavy atom. The van der Waals surface area contributed by atoms with Gasteiger partial charge in [-0.05, 0) is 17.6 Å². The molecule has 0 heterocycles. The van der Waals surface area contributed by atoms with Crippen LogP contribution in [0.1, 0.15) is 25.8 Å². The molecule has 1 aromatic carbocycles. The monoisotopic (exact) mass is 203 g/mol. The molecule has 1 N–H and O–H groups in total. The molecule has 2 nitrogen and oxygen atoms in total. The Bertz CT molecular complexity index is 328. The van der Waals surface area contributed by atoms with Crippen LogP contribution in [0.25, 0.3) is 6.08 Å². The van der Waals surface area contributed by atoms with Crippen LogP contribution in [-0.4, -0.2) is 5.91 Å². The molecule has 2 heteroatoms. The third-order valence-corrected chi connectivity index (χ3v) is 1.91. The van der Waals surface area contributed by atoms with Crippen LogP contribution in [0.5, 0.6) is 0 Å². The summed E-state index contributed by atoms with van der Waals surface area (Å²) in [5.41, 5.74) is 1.09. The van der Waals surface area contributed by atoms with E-state index in [-0.39, 0.29) is 5.91 Å². The molecule has 0 saturated carbocycles. The third kappa shape index (κ3) is 5.01. The van der Waals surface area contributed by atoms with Crippen molar-refractivity contribution in [2.45, 2.75) is 20.3 Å². The predicted molar refractivity (Wildman–Crippen MR) is 63.1 cm³/mol. The van der Waals surface area contributed by atoms with Gasteiger partial charge in [0.25, 0.3) is 0 Å². The lowest BCUT2D eigenvalue weighted by Gasteiger charge is -2.02. The van der Waals surface area contributed by atoms with Crippen molar-refractivity contribution in [3.63, 3.8) is 0 Å². The maximum atomic E-state index is 11.3. The fourth-order valence-electron chi connectivity index (χ4n) is 1.22. The molecule has 80 valence electrons. The second-order valence-electron chi connectivity index (χ2n) is 3.91. The molecule has 0 aliphatic heterocycles. The van der Waals surface area contributed by atoms with Gasteiger partial charge in [0, 0.05) is 12.6 Å². The van der Waals surface area contributed by atoms with Crippen LogP contribution in [-0.2, 0) is 4.79 Å². The summed E-state index contributed by atoms with van der Waals surface area (Å²) in [4.78, 5) is 11.3. The normalized spacial score (nSPS) is 10.9. The first-order chi connectivity index (χ1) is 7.18. The molecule has 0 aromatic heterocycles. The van der Waals surface area contributed by atoms with E-state index in [1.165, 1.54) is 0 Å². The number of benzene rings is 1. The Labute approximate surface area is 91.0 Å². The van der Waals surface area contributed by atoms with Gasteiger partial charge in [-0.1, -0.05) is 44.2 Å². The van der Waals surface area contributed by atoms with Crippen LogP contribution in [0.4, 0.5) is 0 Å². The van der Waals surface area contributed by atoms with E-state index in [0.717, 1.165) is 5.56 Å². The van der Waals surface area contributed by atoms with Gasteiger partial charge in [-0.3, -0.25) is 4.79 Å². The average molecular weight is 203 g/mol. The van der Waals surface area contributed by atoms with Crippen molar-refractivity contribution in [3.8, 4) is 0 Å². The van der Waals surface area contributed by atoms with Gasteiger partial charge in [-0.2, -0.15) is 0 Å². The molecule has 0 saturated heterocycles. The van der Waals surface area contributed by atoms with Gasteiger partial charge in [0.05, 0.1) is 0 Å². The van der Waals surface area contributed by atoms with Crippen molar-refractivity contribution in [2.24, 2.45) is 5.92 Å². The molecule has 0 aliphatic carbocycles. The number of hydrogen-bond donors (Lipinski definition) is 1. The van der Waals surface area contributed by atoms with Gasteiger partial charge in [0.1, 0.15) is 0 Å². The Hall–Kier alpha value is -1.57. The highest BCUT2D eigenvalue weighted by molar-refractivity contribution is 5.77. The fraction of sp³-hybridized carbons (Fsp3) is 0.308. The summed E-state index contributed by atoms with van der Waals surface area (Å²) in [6.07, 6.45) is 4.15. The van der Waals surface area contributed by atoms with Gasteiger partial charge < -0.3 is 5.32 Å². The van der Waals surface area contributed by atoms with Crippen molar-refractivity contribution < 1.29 is 4.79 Å². The fourth-order valence-corrected chi connectivity index (χ4v) is 1.22. The Kier molecular flexibility index (Phi) is 4.61. The third-order valence-electron chi connectivity index (χ3n) is 1.91. The standard InChI is InChI=1S/C13H17NO/c1-11(2)10-13(15)14-9-8-12-6-4-3-5-7-12/h3-9,11H,10H2,1-2H3,(H,14,15). The number of carbonyl (C=O) groups is 1. The molecule has 0 unspecified atom stereocenters. The van der Waals surface area contributed by atoms with E-state index in [1.54, 1.807) is 6.20 Å². The zero-order valence-electron chi connectivity index (χ0n) is 9.23. The van der Waals surface area contributed by atoms with E-state index >= 15 is 0 Å². The van der Waals surface area contributed by atoms with Crippen molar-refractivity contribution in [2.75, 3.05) is 0 Å². The quantitative estimate of drug-likeness (QED) is 0.801. The van der Waals surface area contributed by atoms with Crippen LogP contribution in [0.2, 0.25) is 0 Å². The maximum Gasteiger partial charge on any atom is 0.224 e. The van der Waals surface area contributed by atoms with E-state index in [9.17, 15) is 4.79 Å². The van der Waals surface area contributed by atoms with Gasteiger partial charge in [0.15, 0.2) is 0 Å². The average Bonchev–Trinajstić information content (AvgIpc) is 2.18. The highest BCUT2D eigenvalue weighted by Gasteiger charge is 2.01. The van der Waals surface area contributed by atoms with Crippen LogP contribution in [0.3, 0.4) is 0 Å². The predicted octanol–water partition coefficient (Wildman–Crippen LogP) is 2.82. The maximum absolute atomic E-state index is 11.3.